The average molecular weight is 132 g/mol. The summed E-state index contributed by atoms with van der Waals surface area (Å²) in [5, 5.41) is 0. The van der Waals surface area contributed by atoms with Crippen LogP contribution in [0.2, 0.25) is 0 Å². The largest absolute Gasteiger partial charge is 2.00 e. The van der Waals surface area contributed by atoms with Gasteiger partial charge in [-0.3, -0.25) is 0 Å². The van der Waals surface area contributed by atoms with Gasteiger partial charge in [0.05, 0.1) is 0 Å². The maximum atomic E-state index is 0. The third kappa shape index (κ3) is 92.5. The van der Waals surface area contributed by atoms with Gasteiger partial charge in [0, 0.05) is 0 Å². The van der Waals surface area contributed by atoms with Gasteiger partial charge in [-0.25, -0.2) is 0 Å². The third-order valence-corrected chi connectivity index (χ3v) is 0. The van der Waals surface area contributed by atoms with Crippen molar-refractivity contribution in [1.82, 2.24) is 0 Å². The van der Waals surface area contributed by atoms with Crippen LogP contribution in [-0.4, -0.2) is 45.0 Å². The van der Waals surface area contributed by atoms with Crippen LogP contribution in [0, 0.1) is 0 Å². The van der Waals surface area contributed by atoms with Crippen LogP contribution in [-0.2, 0) is 0 Å². The van der Waals surface area contributed by atoms with E-state index in [1.807, 2.05) is 0 Å². The van der Waals surface area contributed by atoms with E-state index in [1.54, 1.807) is 0 Å². The second-order valence-electron chi connectivity index (χ2n) is 0. The van der Waals surface area contributed by atoms with Crippen LogP contribution in [0.3, 0.4) is 0 Å². The van der Waals surface area contributed by atoms with E-state index in [4.69, 9.17) is 0 Å². The zero-order valence-electron chi connectivity index (χ0n) is 3.09. The summed E-state index contributed by atoms with van der Waals surface area (Å²) < 4.78 is 0. The fourth-order valence-corrected chi connectivity index (χ4v) is 0. The predicted molar refractivity (Wildman–Crippen MR) is 20.2 cm³/mol. The van der Waals surface area contributed by atoms with Crippen molar-refractivity contribution in [2.75, 3.05) is 0 Å². The monoisotopic (exact) mass is 131 g/mol. The van der Waals surface area contributed by atoms with E-state index in [-0.39, 0.29) is 57.4 Å². The number of rotatable bonds is 0. The van der Waals surface area contributed by atoms with Gasteiger partial charge in [-0.1, -0.05) is 0 Å². The van der Waals surface area contributed by atoms with Gasteiger partial charge in [0.1, 0.15) is 0 Å². The maximum Gasteiger partial charge on any atom is 2.00 e. The molecule has 0 aliphatic heterocycles. The van der Waals surface area contributed by atoms with Crippen LogP contribution in [0.5, 0.6) is 0 Å². The predicted octanol–water partition coefficient (Wildman–Crippen LogP) is -6.68. The van der Waals surface area contributed by atoms with Gasteiger partial charge in [-0.05, 0) is 0 Å². The van der Waals surface area contributed by atoms with Crippen molar-refractivity contribution >= 4 is 23.1 Å². The van der Waals surface area contributed by atoms with Gasteiger partial charge in [-0.15, -0.1) is 0 Å². The molecule has 0 saturated carbocycles. The molecule has 0 heterocycles. The van der Waals surface area contributed by atoms with E-state index in [9.17, 15) is 0 Å². The summed E-state index contributed by atoms with van der Waals surface area (Å²) in [4.78, 5) is 0. The molecule has 40 valence electrons. The summed E-state index contributed by atoms with van der Waals surface area (Å²) in [6, 6.07) is 0. The molecule has 0 aromatic carbocycles. The summed E-state index contributed by atoms with van der Waals surface area (Å²) in [6.45, 7) is 0. The first kappa shape index (κ1) is 298. The van der Waals surface area contributed by atoms with E-state index in [2.05, 4.69) is 0 Å². The number of halogens is 1. The first-order valence-corrected chi connectivity index (χ1v) is 0. The molecule has 0 spiro atoms. The van der Waals surface area contributed by atoms with Crippen LogP contribution in [0.25, 0.3) is 0 Å². The van der Waals surface area contributed by atoms with E-state index >= 15 is 0 Å². The molecule has 0 bridgehead atoms. The van der Waals surface area contributed by atoms with E-state index in [0.717, 1.165) is 0 Å². The number of hydrogen-bond acceptors (Lipinski definition) is 0. The van der Waals surface area contributed by atoms with Gasteiger partial charge in [0.25, 0.3) is 0 Å². The molecule has 6 heteroatoms. The molecule has 0 aromatic heterocycles. The Morgan fingerprint density at radius 3 is 0.500 bits per heavy atom. The minimum atomic E-state index is 0. The van der Waals surface area contributed by atoms with Gasteiger partial charge < -0.3 is 34.3 Å². The molecular weight excluding hydrogens is 124 g/mol. The molecule has 0 amide bonds. The Hall–Kier alpha value is 0.896. The Morgan fingerprint density at radius 1 is 0.500 bits per heavy atom. The minimum Gasteiger partial charge on any atom is -1.00 e. The molecule has 0 rings (SSSR count). The molecule has 8 N–H and O–H groups in total. The van der Waals surface area contributed by atoms with Crippen LogP contribution in [0.4, 0.5) is 0 Å². The Labute approximate surface area is 57.7 Å². The van der Waals surface area contributed by atoms with E-state index in [1.165, 1.54) is 0 Å². The Morgan fingerprint density at radius 2 is 0.500 bits per heavy atom. The van der Waals surface area contributed by atoms with Gasteiger partial charge in [0.2, 0.25) is 0 Å². The molecule has 4 nitrogen and oxygen atoms in total. The van der Waals surface area contributed by atoms with Crippen LogP contribution in [0.15, 0.2) is 0 Å². The molecule has 0 aliphatic carbocycles. The SMILES string of the molecule is O.O.O.O.[Cl-].[Mg+2]. The summed E-state index contributed by atoms with van der Waals surface area (Å²) in [7, 11) is 0. The van der Waals surface area contributed by atoms with Crippen molar-refractivity contribution in [2.45, 2.75) is 0 Å². The topological polar surface area (TPSA) is 126 Å². The fraction of sp³-hybridized carbons (Fsp3) is 0. The van der Waals surface area contributed by atoms with Crippen molar-refractivity contribution in [3.8, 4) is 0 Å². The molecule has 0 aromatic rings. The Bertz CT molecular complexity index is 7.51. The van der Waals surface area contributed by atoms with Crippen LogP contribution in [0.1, 0.15) is 0 Å². The average Bonchev–Trinajstić information content (AvgIpc) is 0. The summed E-state index contributed by atoms with van der Waals surface area (Å²) in [6.07, 6.45) is 0. The fourth-order valence-electron chi connectivity index (χ4n) is 0. The second-order valence-corrected chi connectivity index (χ2v) is 0. The summed E-state index contributed by atoms with van der Waals surface area (Å²) in [5.74, 6) is 0. The minimum absolute atomic E-state index is 0. The Kier molecular flexibility index (Phi) is 8750. The molecule has 0 atom stereocenters. The first-order valence-electron chi connectivity index (χ1n) is 0. The summed E-state index contributed by atoms with van der Waals surface area (Å²) >= 11 is 0. The van der Waals surface area contributed by atoms with Crippen LogP contribution >= 0.6 is 0 Å². The maximum absolute atomic E-state index is 0. The van der Waals surface area contributed by atoms with Crippen LogP contribution < -0.4 is 12.4 Å². The van der Waals surface area contributed by atoms with Crippen molar-refractivity contribution in [1.29, 1.82) is 0 Å². The zero-order chi connectivity index (χ0) is 0. The number of hydrogen-bond donors (Lipinski definition) is 0. The van der Waals surface area contributed by atoms with E-state index in [0.29, 0.717) is 0 Å². The van der Waals surface area contributed by atoms with Gasteiger partial charge >= 0.3 is 23.1 Å². The normalized spacial score (nSPS) is 0. The molecule has 0 unspecified atom stereocenters. The quantitative estimate of drug-likeness (QED) is 0.290. The van der Waals surface area contributed by atoms with Crippen molar-refractivity contribution in [2.24, 2.45) is 0 Å². The van der Waals surface area contributed by atoms with Gasteiger partial charge in [-0.2, -0.15) is 0 Å². The first-order chi connectivity index (χ1) is 0. The molecule has 0 aliphatic rings. The third-order valence-electron chi connectivity index (χ3n) is 0. The smallest absolute Gasteiger partial charge is 1.00 e. The van der Waals surface area contributed by atoms with Crippen molar-refractivity contribution < 1.29 is 34.3 Å². The van der Waals surface area contributed by atoms with Gasteiger partial charge in [0.15, 0.2) is 0 Å². The van der Waals surface area contributed by atoms with E-state index < -0.39 is 0 Å². The molecule has 0 radical (unpaired) electrons. The standard InChI is InChI=1S/ClH.Mg.4H2O/h1H;;4*1H2/q;+2;;;;/p-1. The Balaban J connectivity index is 0. The van der Waals surface area contributed by atoms with Crippen molar-refractivity contribution in [3.63, 3.8) is 0 Å². The molecular formula is H8ClMgO4+. The second kappa shape index (κ2) is 176. The molecule has 0 saturated heterocycles. The van der Waals surface area contributed by atoms with Crippen molar-refractivity contribution in [3.05, 3.63) is 0 Å². The summed E-state index contributed by atoms with van der Waals surface area (Å²) in [5.41, 5.74) is 0. The molecule has 0 fully saturated rings. The molecule has 6 heavy (non-hydrogen) atoms. The zero-order valence-corrected chi connectivity index (χ0v) is 5.26.